The van der Waals surface area contributed by atoms with Crippen LogP contribution in [0.15, 0.2) is 48.8 Å². The average molecular weight is 450 g/mol. The number of piperidine rings is 1. The fourth-order valence-electron chi connectivity index (χ4n) is 3.46. The number of H-pyrrole nitrogens is 1. The number of nitrogens with one attached hydrogen (secondary N) is 4. The number of carbonyl (C=O) groups excluding carboxylic acids is 2. The van der Waals surface area contributed by atoms with Crippen molar-refractivity contribution in [1.29, 1.82) is 0 Å². The molecule has 2 heterocycles. The van der Waals surface area contributed by atoms with E-state index in [4.69, 9.17) is 0 Å². The van der Waals surface area contributed by atoms with Crippen LogP contribution in [0, 0.1) is 5.92 Å². The second kappa shape index (κ2) is 11.0. The van der Waals surface area contributed by atoms with Gasteiger partial charge in [-0.1, -0.05) is 6.07 Å². The highest BCUT2D eigenvalue weighted by molar-refractivity contribution is 6.06. The number of hydrogen-bond donors (Lipinski definition) is 4. The summed E-state index contributed by atoms with van der Waals surface area (Å²) in [7, 11) is 0. The number of nitrogens with zero attached hydrogens (tertiary/aromatic N) is 1. The Morgan fingerprint density at radius 1 is 1.07 bits per heavy atom. The van der Waals surface area contributed by atoms with Gasteiger partial charge in [0, 0.05) is 23.4 Å². The number of amides is 2. The first-order valence-corrected chi connectivity index (χ1v) is 9.52. The van der Waals surface area contributed by atoms with Crippen LogP contribution in [0.2, 0.25) is 0 Å². The molecular weight excluding hydrogens is 425 g/mol. The predicted molar refractivity (Wildman–Crippen MR) is 123 cm³/mol. The molecule has 0 radical (unpaired) electrons. The minimum Gasteiger partial charge on any atom is -0.352 e. The van der Waals surface area contributed by atoms with Gasteiger partial charge in [0.25, 0.3) is 11.8 Å². The molecule has 4 N–H and O–H groups in total. The Hall–Kier alpha value is -2.61. The molecule has 1 unspecified atom stereocenters. The normalized spacial score (nSPS) is 15.5. The van der Waals surface area contributed by atoms with E-state index < -0.39 is 0 Å². The van der Waals surface area contributed by atoms with E-state index in [-0.39, 0.29) is 36.6 Å². The number of aromatic amines is 1. The van der Waals surface area contributed by atoms with Crippen LogP contribution in [0.25, 0.3) is 11.0 Å². The van der Waals surface area contributed by atoms with Crippen LogP contribution < -0.4 is 16.0 Å². The van der Waals surface area contributed by atoms with Gasteiger partial charge in [0.1, 0.15) is 0 Å². The summed E-state index contributed by atoms with van der Waals surface area (Å²) < 4.78 is 0. The Bertz CT molecular complexity index is 1000. The summed E-state index contributed by atoms with van der Waals surface area (Å²) in [6.07, 6.45) is 3.87. The lowest BCUT2D eigenvalue weighted by molar-refractivity contribution is 0.0943. The fourth-order valence-corrected chi connectivity index (χ4v) is 3.46. The zero-order valence-electron chi connectivity index (χ0n) is 16.3. The van der Waals surface area contributed by atoms with Crippen LogP contribution in [0.3, 0.4) is 0 Å². The largest absolute Gasteiger partial charge is 0.352 e. The first-order valence-electron chi connectivity index (χ1n) is 9.52. The second-order valence-electron chi connectivity index (χ2n) is 7.09. The van der Waals surface area contributed by atoms with Gasteiger partial charge in [0.2, 0.25) is 0 Å². The smallest absolute Gasteiger partial charge is 0.255 e. The van der Waals surface area contributed by atoms with Gasteiger partial charge in [-0.05, 0) is 68.2 Å². The number of aromatic nitrogens is 2. The van der Waals surface area contributed by atoms with E-state index in [9.17, 15) is 9.59 Å². The van der Waals surface area contributed by atoms with E-state index in [1.165, 1.54) is 0 Å². The average Bonchev–Trinajstić information content (AvgIpc) is 3.21. The summed E-state index contributed by atoms with van der Waals surface area (Å²) in [5.41, 5.74) is 3.25. The van der Waals surface area contributed by atoms with Gasteiger partial charge in [0.15, 0.2) is 0 Å². The molecule has 2 aromatic carbocycles. The number of rotatable bonds is 5. The molecule has 0 saturated carbocycles. The minimum absolute atomic E-state index is 0. The maximum Gasteiger partial charge on any atom is 0.255 e. The lowest BCUT2D eigenvalue weighted by Crippen LogP contribution is -2.38. The topological polar surface area (TPSA) is 98.9 Å². The number of anilines is 1. The molecule has 1 fully saturated rings. The first-order chi connectivity index (χ1) is 13.7. The van der Waals surface area contributed by atoms with E-state index in [1.807, 2.05) is 0 Å². The molecule has 9 heteroatoms. The van der Waals surface area contributed by atoms with Crippen molar-refractivity contribution in [2.45, 2.75) is 12.8 Å². The van der Waals surface area contributed by atoms with Gasteiger partial charge in [-0.25, -0.2) is 4.98 Å². The van der Waals surface area contributed by atoms with Crippen LogP contribution in [-0.2, 0) is 0 Å². The Morgan fingerprint density at radius 2 is 1.90 bits per heavy atom. The molecule has 1 aliphatic rings. The first kappa shape index (κ1) is 23.7. The third kappa shape index (κ3) is 5.72. The summed E-state index contributed by atoms with van der Waals surface area (Å²) in [4.78, 5) is 32.1. The molecular formula is C21H25Cl2N5O2. The highest BCUT2D eigenvalue weighted by atomic mass is 35.5. The van der Waals surface area contributed by atoms with Crippen molar-refractivity contribution in [2.24, 2.45) is 5.92 Å². The zero-order chi connectivity index (χ0) is 19.3. The third-order valence-corrected chi connectivity index (χ3v) is 5.02. The number of fused-ring (bicyclic) bond motifs is 1. The van der Waals surface area contributed by atoms with Crippen molar-refractivity contribution in [2.75, 3.05) is 25.0 Å². The standard InChI is InChI=1S/C21H23N5O2.2ClH/c27-20(23-12-14-3-2-8-22-11-14)15-4-1-5-17(9-15)26-21(28)16-6-7-18-19(10-16)25-13-24-18;;/h1,4-7,9-10,13-14,22H,2-3,8,11-12H2,(H,23,27)(H,24,25)(H,26,28);2*1H. The molecule has 1 aromatic heterocycles. The Labute approximate surface area is 187 Å². The van der Waals surface area contributed by atoms with Crippen molar-refractivity contribution in [3.05, 3.63) is 59.9 Å². The molecule has 1 aliphatic heterocycles. The number of imidazole rings is 1. The highest BCUT2D eigenvalue weighted by Crippen LogP contribution is 2.16. The van der Waals surface area contributed by atoms with Gasteiger partial charge >= 0.3 is 0 Å². The van der Waals surface area contributed by atoms with Gasteiger partial charge in [-0.3, -0.25) is 9.59 Å². The fraction of sp³-hybridized carbons (Fsp3) is 0.286. The van der Waals surface area contributed by atoms with E-state index in [1.54, 1.807) is 48.8 Å². The summed E-state index contributed by atoms with van der Waals surface area (Å²) >= 11 is 0. The Morgan fingerprint density at radius 3 is 2.70 bits per heavy atom. The van der Waals surface area contributed by atoms with Crippen LogP contribution in [0.1, 0.15) is 33.6 Å². The quantitative estimate of drug-likeness (QED) is 0.479. The predicted octanol–water partition coefficient (Wildman–Crippen LogP) is 3.39. The molecule has 7 nitrogen and oxygen atoms in total. The van der Waals surface area contributed by atoms with E-state index in [2.05, 4.69) is 25.9 Å². The van der Waals surface area contributed by atoms with Crippen molar-refractivity contribution in [1.82, 2.24) is 20.6 Å². The van der Waals surface area contributed by atoms with Crippen molar-refractivity contribution in [3.63, 3.8) is 0 Å². The Kier molecular flexibility index (Phi) is 8.65. The maximum absolute atomic E-state index is 12.5. The maximum atomic E-state index is 12.5. The van der Waals surface area contributed by atoms with E-state index in [0.29, 0.717) is 29.3 Å². The zero-order valence-corrected chi connectivity index (χ0v) is 17.9. The van der Waals surface area contributed by atoms with E-state index in [0.717, 1.165) is 37.0 Å². The number of carbonyl (C=O) groups is 2. The summed E-state index contributed by atoms with van der Waals surface area (Å²) in [6.45, 7) is 2.66. The van der Waals surface area contributed by atoms with Crippen LogP contribution in [0.5, 0.6) is 0 Å². The van der Waals surface area contributed by atoms with E-state index >= 15 is 0 Å². The van der Waals surface area contributed by atoms with Crippen molar-refractivity contribution < 1.29 is 9.59 Å². The number of benzene rings is 2. The molecule has 3 aromatic rings. The summed E-state index contributed by atoms with van der Waals surface area (Å²) in [6, 6.07) is 12.3. The molecule has 0 aliphatic carbocycles. The summed E-state index contributed by atoms with van der Waals surface area (Å²) in [5.74, 6) is 0.112. The summed E-state index contributed by atoms with van der Waals surface area (Å²) in [5, 5.41) is 9.20. The third-order valence-electron chi connectivity index (χ3n) is 5.02. The SMILES string of the molecule is Cl.Cl.O=C(NCC1CCCNC1)c1cccc(NC(=O)c2ccc3nc[nH]c3c2)c1. The molecule has 1 atom stereocenters. The second-order valence-corrected chi connectivity index (χ2v) is 7.09. The Balaban J connectivity index is 0.00000160. The number of hydrogen-bond acceptors (Lipinski definition) is 4. The van der Waals surface area contributed by atoms with Crippen LogP contribution in [0.4, 0.5) is 5.69 Å². The minimum atomic E-state index is -0.234. The molecule has 0 spiro atoms. The number of halogens is 2. The van der Waals surface area contributed by atoms with Crippen molar-refractivity contribution >= 4 is 53.3 Å². The van der Waals surface area contributed by atoms with Gasteiger partial charge < -0.3 is 20.9 Å². The van der Waals surface area contributed by atoms with Gasteiger partial charge in [0.05, 0.1) is 17.4 Å². The van der Waals surface area contributed by atoms with Crippen LogP contribution >= 0.6 is 24.8 Å². The molecule has 2 amide bonds. The van der Waals surface area contributed by atoms with Crippen LogP contribution in [-0.4, -0.2) is 41.4 Å². The highest BCUT2D eigenvalue weighted by Gasteiger charge is 2.15. The molecule has 4 rings (SSSR count). The monoisotopic (exact) mass is 449 g/mol. The van der Waals surface area contributed by atoms with Gasteiger partial charge in [-0.2, -0.15) is 0 Å². The molecule has 0 bridgehead atoms. The molecule has 1 saturated heterocycles. The molecule has 30 heavy (non-hydrogen) atoms. The van der Waals surface area contributed by atoms with Crippen molar-refractivity contribution in [3.8, 4) is 0 Å². The lowest BCUT2D eigenvalue weighted by Gasteiger charge is -2.22. The van der Waals surface area contributed by atoms with Gasteiger partial charge in [-0.15, -0.1) is 24.8 Å². The lowest BCUT2D eigenvalue weighted by atomic mass is 9.99. The molecule has 160 valence electrons.